The van der Waals surface area contributed by atoms with Crippen LogP contribution in [0.2, 0.25) is 0 Å². The summed E-state index contributed by atoms with van der Waals surface area (Å²) in [6, 6.07) is 25.3. The van der Waals surface area contributed by atoms with Gasteiger partial charge in [0.2, 0.25) is 5.91 Å². The van der Waals surface area contributed by atoms with Crippen molar-refractivity contribution in [1.29, 1.82) is 0 Å². The molecule has 1 saturated carbocycles. The predicted octanol–water partition coefficient (Wildman–Crippen LogP) is 7.40. The number of ether oxygens (including phenoxy) is 3. The Morgan fingerprint density at radius 1 is 0.945 bits per heavy atom. The van der Waals surface area contributed by atoms with Gasteiger partial charge in [-0.25, -0.2) is 4.79 Å². The average molecular weight is 748 g/mol. The molecule has 12 nitrogen and oxygen atoms in total. The molecule has 55 heavy (non-hydrogen) atoms. The minimum atomic E-state index is -0.630. The number of hydrogen-bond donors (Lipinski definition) is 1. The summed E-state index contributed by atoms with van der Waals surface area (Å²) in [6.07, 6.45) is 6.86. The standard InChI is InChI=1S/C43H53N7O5/c1-43(2,3)55-42(52)49-23-21-36(32-11-7-10-31(26-32)30-15-19-35(20-16-30)54-25-8-14-40-44-46-47-45-40)38(29-49)41(51)50(34-17-18-34)28-33-27-48(22-9-24-53-4)39-13-6-5-12-37(33)39/h5-7,10-13,15-16,19-20,26-27,34,36,38H,8-9,14,17-18,21-25,28-29H2,1-4H3,(H,44,45,46,47)/t36-,38+/m1/s1. The molecule has 2 aliphatic rings. The largest absolute Gasteiger partial charge is 0.494 e. The van der Waals surface area contributed by atoms with Gasteiger partial charge in [0.25, 0.3) is 0 Å². The topological polar surface area (TPSA) is 128 Å². The van der Waals surface area contributed by atoms with Crippen molar-refractivity contribution in [1.82, 2.24) is 35.0 Å². The number of nitrogens with zero attached hydrogens (tertiary/aromatic N) is 6. The maximum absolute atomic E-state index is 15.0. The number of amides is 2. The molecule has 12 heteroatoms. The minimum absolute atomic E-state index is 0.0652. The molecule has 1 N–H and O–H groups in total. The number of methoxy groups -OCH3 is 1. The van der Waals surface area contributed by atoms with Crippen molar-refractivity contribution in [2.75, 3.05) is 33.4 Å². The van der Waals surface area contributed by atoms with E-state index < -0.39 is 11.5 Å². The molecule has 290 valence electrons. The highest BCUT2D eigenvalue weighted by atomic mass is 16.6. The third kappa shape index (κ3) is 9.54. The molecule has 1 aliphatic heterocycles. The molecular weight excluding hydrogens is 695 g/mol. The Morgan fingerprint density at radius 3 is 2.51 bits per heavy atom. The molecular formula is C43H53N7O5. The number of nitrogens with one attached hydrogen (secondary N) is 1. The summed E-state index contributed by atoms with van der Waals surface area (Å²) < 4.78 is 19.4. The van der Waals surface area contributed by atoms with Crippen LogP contribution in [0.1, 0.15) is 75.7 Å². The molecule has 2 fully saturated rings. The van der Waals surface area contributed by atoms with Crippen LogP contribution in [0.25, 0.3) is 22.0 Å². The number of carbonyl (C=O) groups excluding carboxylic acids is 2. The maximum Gasteiger partial charge on any atom is 0.410 e. The van der Waals surface area contributed by atoms with Gasteiger partial charge >= 0.3 is 6.09 Å². The van der Waals surface area contributed by atoms with Gasteiger partial charge in [-0.05, 0) is 99.2 Å². The Morgan fingerprint density at radius 2 is 1.76 bits per heavy atom. The lowest BCUT2D eigenvalue weighted by Crippen LogP contribution is -2.51. The van der Waals surface area contributed by atoms with Gasteiger partial charge in [0.15, 0.2) is 5.82 Å². The summed E-state index contributed by atoms with van der Waals surface area (Å²) in [5.41, 5.74) is 4.92. The smallest absolute Gasteiger partial charge is 0.410 e. The second kappa shape index (κ2) is 17.1. The number of tetrazole rings is 1. The van der Waals surface area contributed by atoms with Crippen LogP contribution in [0.4, 0.5) is 4.79 Å². The Bertz CT molecular complexity index is 2030. The third-order valence-electron chi connectivity index (χ3n) is 10.5. The molecule has 0 bridgehead atoms. The highest BCUT2D eigenvalue weighted by Gasteiger charge is 2.43. The van der Waals surface area contributed by atoms with Crippen molar-refractivity contribution in [3.8, 4) is 16.9 Å². The normalized spacial score (nSPS) is 17.3. The molecule has 2 aromatic heterocycles. The summed E-state index contributed by atoms with van der Waals surface area (Å²) >= 11 is 0. The number of para-hydroxylation sites is 1. The van der Waals surface area contributed by atoms with Crippen LogP contribution < -0.4 is 4.74 Å². The maximum atomic E-state index is 15.0. The summed E-state index contributed by atoms with van der Waals surface area (Å²) in [4.78, 5) is 32.3. The number of aryl methyl sites for hydroxylation is 2. The minimum Gasteiger partial charge on any atom is -0.494 e. The number of hydrogen-bond acceptors (Lipinski definition) is 8. The lowest BCUT2D eigenvalue weighted by Gasteiger charge is -2.40. The zero-order valence-electron chi connectivity index (χ0n) is 32.4. The van der Waals surface area contributed by atoms with Crippen molar-refractivity contribution >= 4 is 22.9 Å². The van der Waals surface area contributed by atoms with Gasteiger partial charge in [-0.1, -0.05) is 59.8 Å². The first-order valence-corrected chi connectivity index (χ1v) is 19.6. The van der Waals surface area contributed by atoms with Gasteiger partial charge in [-0.15, -0.1) is 10.2 Å². The van der Waals surface area contributed by atoms with Crippen LogP contribution in [-0.4, -0.2) is 92.0 Å². The van der Waals surface area contributed by atoms with Crippen LogP contribution in [0.5, 0.6) is 5.75 Å². The van der Waals surface area contributed by atoms with Gasteiger partial charge < -0.3 is 28.6 Å². The predicted molar refractivity (Wildman–Crippen MR) is 211 cm³/mol. The number of piperidine rings is 1. The van der Waals surface area contributed by atoms with Crippen LogP contribution in [0.15, 0.2) is 79.0 Å². The number of likely N-dealkylation sites (tertiary alicyclic amines) is 1. The number of aromatic amines is 1. The van der Waals surface area contributed by atoms with Gasteiger partial charge in [-0.2, -0.15) is 5.21 Å². The summed E-state index contributed by atoms with van der Waals surface area (Å²) in [5, 5.41) is 15.2. The van der Waals surface area contributed by atoms with Crippen LogP contribution in [-0.2, 0) is 33.8 Å². The van der Waals surface area contributed by atoms with Crippen LogP contribution in [0.3, 0.4) is 0 Å². The number of aromatic nitrogens is 5. The highest BCUT2D eigenvalue weighted by Crippen LogP contribution is 2.40. The Balaban J connectivity index is 1.12. The number of fused-ring (bicyclic) bond motifs is 1. The molecule has 1 saturated heterocycles. The first-order valence-electron chi connectivity index (χ1n) is 19.6. The molecule has 0 radical (unpaired) electrons. The second-order valence-corrected chi connectivity index (χ2v) is 15.8. The number of rotatable bonds is 15. The van der Waals surface area contributed by atoms with E-state index >= 15 is 4.79 Å². The highest BCUT2D eigenvalue weighted by molar-refractivity contribution is 5.86. The van der Waals surface area contributed by atoms with Gasteiger partial charge in [-0.3, -0.25) is 4.79 Å². The zero-order chi connectivity index (χ0) is 38.4. The van der Waals surface area contributed by atoms with Gasteiger partial charge in [0.1, 0.15) is 11.4 Å². The van der Waals surface area contributed by atoms with E-state index in [4.69, 9.17) is 14.2 Å². The first kappa shape index (κ1) is 38.1. The Hall–Kier alpha value is -5.23. The fraction of sp³-hybridized carbons (Fsp3) is 0.465. The number of carbonyl (C=O) groups is 2. The third-order valence-corrected chi connectivity index (χ3v) is 10.5. The quantitative estimate of drug-likeness (QED) is 0.110. The van der Waals surface area contributed by atoms with Crippen molar-refractivity contribution in [3.63, 3.8) is 0 Å². The van der Waals surface area contributed by atoms with E-state index in [0.717, 1.165) is 60.2 Å². The van der Waals surface area contributed by atoms with E-state index in [0.29, 0.717) is 51.5 Å². The van der Waals surface area contributed by atoms with E-state index in [9.17, 15) is 4.79 Å². The van der Waals surface area contributed by atoms with Crippen molar-refractivity contribution in [2.24, 2.45) is 5.92 Å². The van der Waals surface area contributed by atoms with Crippen molar-refractivity contribution in [3.05, 3.63) is 95.9 Å². The molecule has 3 heterocycles. The lowest BCUT2D eigenvalue weighted by molar-refractivity contribution is -0.139. The van der Waals surface area contributed by atoms with Gasteiger partial charge in [0, 0.05) is 69.5 Å². The molecule has 3 aromatic carbocycles. The van der Waals surface area contributed by atoms with E-state index in [2.05, 4.69) is 97.0 Å². The number of H-pyrrole nitrogens is 1. The van der Waals surface area contributed by atoms with E-state index in [-0.39, 0.29) is 24.0 Å². The summed E-state index contributed by atoms with van der Waals surface area (Å²) in [6.45, 7) is 9.08. The lowest BCUT2D eigenvalue weighted by atomic mass is 9.79. The molecule has 5 aromatic rings. The van der Waals surface area contributed by atoms with E-state index in [1.54, 1.807) is 12.0 Å². The fourth-order valence-corrected chi connectivity index (χ4v) is 7.68. The van der Waals surface area contributed by atoms with E-state index in [1.165, 1.54) is 10.9 Å². The Kier molecular flexibility index (Phi) is 11.8. The van der Waals surface area contributed by atoms with Crippen molar-refractivity contribution in [2.45, 2.75) is 89.9 Å². The molecule has 2 amide bonds. The summed E-state index contributed by atoms with van der Waals surface area (Å²) in [7, 11) is 1.73. The molecule has 0 unspecified atom stereocenters. The molecule has 7 rings (SSSR count). The fourth-order valence-electron chi connectivity index (χ4n) is 7.68. The SMILES string of the molecule is COCCCn1cc(CN(C(=O)[C@H]2CN(C(=O)OC(C)(C)C)CC[C@@H]2c2cccc(-c3ccc(OCCCc4nn[nH]n4)cc3)c2)C2CC2)c2ccccc21. The van der Waals surface area contributed by atoms with Crippen LogP contribution in [0, 0.1) is 5.92 Å². The monoisotopic (exact) mass is 747 g/mol. The van der Waals surface area contributed by atoms with Crippen LogP contribution >= 0.6 is 0 Å². The first-order chi connectivity index (χ1) is 26.7. The zero-order valence-corrected chi connectivity index (χ0v) is 32.4. The number of benzene rings is 3. The van der Waals surface area contributed by atoms with E-state index in [1.807, 2.05) is 32.9 Å². The average Bonchev–Trinajstić information content (AvgIpc) is 3.78. The Labute approximate surface area is 323 Å². The second-order valence-electron chi connectivity index (χ2n) is 15.8. The van der Waals surface area contributed by atoms with Crippen molar-refractivity contribution < 1.29 is 23.8 Å². The van der Waals surface area contributed by atoms with Gasteiger partial charge in [0.05, 0.1) is 12.5 Å². The summed E-state index contributed by atoms with van der Waals surface area (Å²) in [5.74, 6) is 1.09. The molecule has 0 spiro atoms. The molecule has 1 aliphatic carbocycles. The molecule has 2 atom stereocenters.